The summed E-state index contributed by atoms with van der Waals surface area (Å²) in [6, 6.07) is 0.392. The summed E-state index contributed by atoms with van der Waals surface area (Å²) >= 11 is 3.03. The maximum atomic E-state index is 12.6. The van der Waals surface area contributed by atoms with Crippen LogP contribution in [0.25, 0.3) is 10.2 Å². The Morgan fingerprint density at radius 3 is 2.92 bits per heavy atom. The van der Waals surface area contributed by atoms with Crippen molar-refractivity contribution in [2.75, 3.05) is 18.0 Å². The minimum atomic E-state index is 0.187. The Hall–Kier alpha value is -1.34. The van der Waals surface area contributed by atoms with E-state index in [2.05, 4.69) is 23.8 Å². The van der Waals surface area contributed by atoms with Crippen molar-refractivity contribution in [3.8, 4) is 0 Å². The highest BCUT2D eigenvalue weighted by atomic mass is 32.2. The summed E-state index contributed by atoms with van der Waals surface area (Å²) in [7, 11) is 0. The van der Waals surface area contributed by atoms with Crippen LogP contribution in [0.15, 0.2) is 5.16 Å². The first-order valence-electron chi connectivity index (χ1n) is 8.46. The first-order valence-corrected chi connectivity index (χ1v) is 10.3. The van der Waals surface area contributed by atoms with E-state index in [1.54, 1.807) is 11.3 Å². The Bertz CT molecular complexity index is 759. The van der Waals surface area contributed by atoms with E-state index in [0.717, 1.165) is 41.6 Å². The lowest BCUT2D eigenvalue weighted by atomic mass is 10.0. The number of carbonyl (C=O) groups is 1. The monoisotopic (exact) mass is 364 g/mol. The number of thioether (sulfide) groups is 1. The number of hydrogen-bond donors (Lipinski definition) is 1. The molecule has 0 saturated carbocycles. The van der Waals surface area contributed by atoms with Gasteiger partial charge >= 0.3 is 0 Å². The van der Waals surface area contributed by atoms with E-state index in [4.69, 9.17) is 5.73 Å². The molecule has 1 atom stereocenters. The molecule has 24 heavy (non-hydrogen) atoms. The lowest BCUT2D eigenvalue weighted by molar-refractivity contribution is -0.132. The molecule has 0 radical (unpaired) electrons. The van der Waals surface area contributed by atoms with Crippen LogP contribution in [-0.2, 0) is 4.79 Å². The third kappa shape index (κ3) is 3.37. The minimum Gasteiger partial charge on any atom is -0.383 e. The van der Waals surface area contributed by atoms with Crippen molar-refractivity contribution < 1.29 is 4.79 Å². The molecular weight excluding hydrogens is 340 g/mol. The van der Waals surface area contributed by atoms with Crippen molar-refractivity contribution in [1.29, 1.82) is 0 Å². The van der Waals surface area contributed by atoms with Gasteiger partial charge in [0.1, 0.15) is 10.6 Å². The lowest BCUT2D eigenvalue weighted by Gasteiger charge is -2.35. The van der Waals surface area contributed by atoms with Crippen LogP contribution in [0.5, 0.6) is 0 Å². The van der Waals surface area contributed by atoms with Gasteiger partial charge < -0.3 is 10.6 Å². The number of aromatic nitrogens is 2. The zero-order valence-corrected chi connectivity index (χ0v) is 16.1. The van der Waals surface area contributed by atoms with Gasteiger partial charge in [-0.1, -0.05) is 18.7 Å². The first kappa shape index (κ1) is 17.5. The number of aryl methyl sites for hydroxylation is 2. The molecule has 1 aliphatic rings. The van der Waals surface area contributed by atoms with Crippen LogP contribution in [-0.4, -0.2) is 39.1 Å². The van der Waals surface area contributed by atoms with Gasteiger partial charge in [-0.15, -0.1) is 11.3 Å². The SMILES string of the molecule is CCC1CCCCN1C(=O)CSc1nc(N)c2c(C)c(C)sc2n1. The molecule has 2 aromatic rings. The summed E-state index contributed by atoms with van der Waals surface area (Å²) in [5, 5.41) is 1.55. The number of rotatable bonds is 4. The maximum absolute atomic E-state index is 12.6. The molecule has 1 saturated heterocycles. The zero-order valence-electron chi connectivity index (χ0n) is 14.5. The van der Waals surface area contributed by atoms with Gasteiger partial charge in [-0.25, -0.2) is 9.97 Å². The number of carbonyl (C=O) groups excluding carboxylic acids is 1. The largest absolute Gasteiger partial charge is 0.383 e. The fourth-order valence-corrected chi connectivity index (χ4v) is 5.12. The van der Waals surface area contributed by atoms with E-state index in [1.807, 2.05) is 11.8 Å². The van der Waals surface area contributed by atoms with Crippen LogP contribution in [0.4, 0.5) is 5.82 Å². The van der Waals surface area contributed by atoms with Crippen molar-refractivity contribution in [3.63, 3.8) is 0 Å². The summed E-state index contributed by atoms with van der Waals surface area (Å²) in [5.41, 5.74) is 7.26. The highest BCUT2D eigenvalue weighted by Gasteiger charge is 2.25. The van der Waals surface area contributed by atoms with E-state index in [1.165, 1.54) is 23.1 Å². The Balaban J connectivity index is 1.72. The van der Waals surface area contributed by atoms with Gasteiger partial charge in [-0.3, -0.25) is 4.79 Å². The number of anilines is 1. The highest BCUT2D eigenvalue weighted by Crippen LogP contribution is 2.33. The van der Waals surface area contributed by atoms with Gasteiger partial charge in [0.2, 0.25) is 5.91 Å². The molecule has 0 aliphatic carbocycles. The van der Waals surface area contributed by atoms with Crippen LogP contribution in [0, 0.1) is 13.8 Å². The molecule has 7 heteroatoms. The predicted octanol–water partition coefficient (Wildman–Crippen LogP) is 3.77. The average molecular weight is 365 g/mol. The molecule has 5 nitrogen and oxygen atoms in total. The number of nitrogen functional groups attached to an aromatic ring is 1. The van der Waals surface area contributed by atoms with E-state index >= 15 is 0 Å². The number of amides is 1. The molecule has 2 N–H and O–H groups in total. The van der Waals surface area contributed by atoms with Crippen molar-refractivity contribution in [3.05, 3.63) is 10.4 Å². The zero-order chi connectivity index (χ0) is 17.3. The molecule has 0 bridgehead atoms. The second-order valence-electron chi connectivity index (χ2n) is 6.29. The topological polar surface area (TPSA) is 72.1 Å². The van der Waals surface area contributed by atoms with Gasteiger partial charge in [0, 0.05) is 17.5 Å². The molecular formula is C17H24N4OS2. The molecule has 3 rings (SSSR count). The fraction of sp³-hybridized carbons (Fsp3) is 0.588. The van der Waals surface area contributed by atoms with Gasteiger partial charge in [-0.05, 0) is 45.1 Å². The predicted molar refractivity (Wildman–Crippen MR) is 102 cm³/mol. The highest BCUT2D eigenvalue weighted by molar-refractivity contribution is 7.99. The van der Waals surface area contributed by atoms with Crippen LogP contribution in [0.3, 0.4) is 0 Å². The van der Waals surface area contributed by atoms with E-state index < -0.39 is 0 Å². The Morgan fingerprint density at radius 2 is 2.17 bits per heavy atom. The lowest BCUT2D eigenvalue weighted by Crippen LogP contribution is -2.44. The van der Waals surface area contributed by atoms with Crippen molar-refractivity contribution >= 4 is 45.0 Å². The molecule has 1 aliphatic heterocycles. The molecule has 0 spiro atoms. The number of fused-ring (bicyclic) bond motifs is 1. The third-order valence-electron chi connectivity index (χ3n) is 4.78. The summed E-state index contributed by atoms with van der Waals surface area (Å²) in [6.07, 6.45) is 4.48. The molecule has 1 unspecified atom stereocenters. The number of likely N-dealkylation sites (tertiary alicyclic amines) is 1. The second-order valence-corrected chi connectivity index (χ2v) is 8.43. The van der Waals surface area contributed by atoms with Gasteiger partial charge in [0.15, 0.2) is 5.16 Å². The van der Waals surface area contributed by atoms with E-state index in [0.29, 0.717) is 22.8 Å². The van der Waals surface area contributed by atoms with Gasteiger partial charge in [0.05, 0.1) is 11.1 Å². The second kappa shape index (κ2) is 7.27. The average Bonchev–Trinajstić information content (AvgIpc) is 2.87. The molecule has 1 amide bonds. The smallest absolute Gasteiger partial charge is 0.233 e. The van der Waals surface area contributed by atoms with Gasteiger partial charge in [-0.2, -0.15) is 0 Å². The summed E-state index contributed by atoms with van der Waals surface area (Å²) in [5.74, 6) is 1.08. The Morgan fingerprint density at radius 1 is 1.38 bits per heavy atom. The first-order chi connectivity index (χ1) is 11.5. The van der Waals surface area contributed by atoms with Crippen LogP contribution >= 0.6 is 23.1 Å². The Labute approximate surface area is 151 Å². The van der Waals surface area contributed by atoms with Crippen LogP contribution < -0.4 is 5.73 Å². The Kier molecular flexibility index (Phi) is 5.30. The maximum Gasteiger partial charge on any atom is 0.233 e. The normalized spacial score (nSPS) is 18.3. The van der Waals surface area contributed by atoms with E-state index in [9.17, 15) is 4.79 Å². The molecule has 1 fully saturated rings. The number of thiophene rings is 1. The number of hydrogen-bond acceptors (Lipinski definition) is 6. The third-order valence-corrected chi connectivity index (χ3v) is 6.71. The number of nitrogens with two attached hydrogens (primary N) is 1. The van der Waals surface area contributed by atoms with Crippen LogP contribution in [0.1, 0.15) is 43.0 Å². The molecule has 0 aromatic carbocycles. The minimum absolute atomic E-state index is 0.187. The number of nitrogens with zero attached hydrogens (tertiary/aromatic N) is 3. The van der Waals surface area contributed by atoms with Crippen molar-refractivity contribution in [1.82, 2.24) is 14.9 Å². The fourth-order valence-electron chi connectivity index (χ4n) is 3.29. The summed E-state index contributed by atoms with van der Waals surface area (Å²) in [6.45, 7) is 7.15. The van der Waals surface area contributed by atoms with Crippen LogP contribution in [0.2, 0.25) is 0 Å². The van der Waals surface area contributed by atoms with E-state index in [-0.39, 0.29) is 5.91 Å². The molecule has 2 aromatic heterocycles. The standard InChI is InChI=1S/C17H24N4OS2/c1-4-12-7-5-6-8-21(12)13(22)9-23-17-19-15(18)14-10(2)11(3)24-16(14)20-17/h12H,4-9H2,1-3H3,(H2,18,19,20). The molecule has 130 valence electrons. The van der Waals surface area contributed by atoms with Crippen molar-refractivity contribution in [2.45, 2.75) is 57.7 Å². The summed E-state index contributed by atoms with van der Waals surface area (Å²) in [4.78, 5) is 25.7. The number of piperidine rings is 1. The molecule has 3 heterocycles. The van der Waals surface area contributed by atoms with Gasteiger partial charge in [0.25, 0.3) is 0 Å². The quantitative estimate of drug-likeness (QED) is 0.660. The summed E-state index contributed by atoms with van der Waals surface area (Å²) < 4.78 is 0. The van der Waals surface area contributed by atoms with Crippen molar-refractivity contribution in [2.24, 2.45) is 0 Å².